The summed E-state index contributed by atoms with van der Waals surface area (Å²) in [6, 6.07) is 6.53. The quantitative estimate of drug-likeness (QED) is 0.734. The fraction of sp³-hybridized carbons (Fsp3) is 0.609. The normalized spacial score (nSPS) is 22.6. The summed E-state index contributed by atoms with van der Waals surface area (Å²) in [6.45, 7) is 4.96. The van der Waals surface area contributed by atoms with Crippen molar-refractivity contribution in [1.29, 1.82) is 0 Å². The number of halogens is 1. The number of rotatable bonds is 5. The summed E-state index contributed by atoms with van der Waals surface area (Å²) >= 11 is 0. The SMILES string of the molecule is O=C(CC1CCCC1)N1CCN(Cc2nnn3c2COC(c2cccc(F)c2)C3)CC1. The number of aromatic nitrogens is 3. The molecule has 1 amide bonds. The maximum atomic E-state index is 13.5. The van der Waals surface area contributed by atoms with Crippen molar-refractivity contribution in [3.63, 3.8) is 0 Å². The Labute approximate surface area is 182 Å². The van der Waals surface area contributed by atoms with E-state index in [2.05, 4.69) is 15.2 Å². The fourth-order valence-corrected chi connectivity index (χ4v) is 5.05. The standard InChI is InChI=1S/C23H30FN5O2/c24-19-7-3-6-18(13-19)22-15-29-21(16-31-22)20(25-26-29)14-27-8-10-28(11-9-27)23(30)12-17-4-1-2-5-17/h3,6-7,13,17,22H,1-2,4-5,8-12,14-16H2. The highest BCUT2D eigenvalue weighted by Gasteiger charge is 2.28. The molecule has 2 fully saturated rings. The number of piperazine rings is 1. The molecule has 1 saturated heterocycles. The van der Waals surface area contributed by atoms with Crippen LogP contribution >= 0.6 is 0 Å². The molecule has 0 bridgehead atoms. The highest BCUT2D eigenvalue weighted by atomic mass is 19.1. The second-order valence-corrected chi connectivity index (χ2v) is 9.03. The first-order valence-electron chi connectivity index (χ1n) is 11.4. The molecule has 1 unspecified atom stereocenters. The fourth-order valence-electron chi connectivity index (χ4n) is 5.05. The van der Waals surface area contributed by atoms with Crippen molar-refractivity contribution in [3.8, 4) is 0 Å². The zero-order valence-electron chi connectivity index (χ0n) is 17.9. The Morgan fingerprint density at radius 2 is 1.97 bits per heavy atom. The van der Waals surface area contributed by atoms with Gasteiger partial charge in [-0.15, -0.1) is 5.10 Å². The molecular weight excluding hydrogens is 397 g/mol. The predicted molar refractivity (Wildman–Crippen MR) is 112 cm³/mol. The van der Waals surface area contributed by atoms with Crippen LogP contribution in [0.1, 0.15) is 55.2 Å². The van der Waals surface area contributed by atoms with Crippen LogP contribution in [0.5, 0.6) is 0 Å². The van der Waals surface area contributed by atoms with Crippen molar-refractivity contribution < 1.29 is 13.9 Å². The molecule has 5 rings (SSSR count). The van der Waals surface area contributed by atoms with E-state index in [-0.39, 0.29) is 11.9 Å². The van der Waals surface area contributed by atoms with Crippen LogP contribution in [-0.2, 0) is 29.2 Å². The summed E-state index contributed by atoms with van der Waals surface area (Å²) in [6.07, 6.45) is 5.50. The number of carbonyl (C=O) groups excluding carboxylic acids is 1. The van der Waals surface area contributed by atoms with Crippen molar-refractivity contribution in [2.24, 2.45) is 5.92 Å². The Bertz CT molecular complexity index is 918. The van der Waals surface area contributed by atoms with Crippen molar-refractivity contribution in [3.05, 3.63) is 47.0 Å². The Hall–Kier alpha value is -2.32. The number of ether oxygens (including phenoxy) is 1. The number of carbonyl (C=O) groups is 1. The van der Waals surface area contributed by atoms with Crippen LogP contribution in [0.3, 0.4) is 0 Å². The van der Waals surface area contributed by atoms with Gasteiger partial charge in [0.25, 0.3) is 0 Å². The van der Waals surface area contributed by atoms with E-state index in [1.54, 1.807) is 6.07 Å². The zero-order chi connectivity index (χ0) is 21.2. The minimum absolute atomic E-state index is 0.216. The molecule has 31 heavy (non-hydrogen) atoms. The smallest absolute Gasteiger partial charge is 0.222 e. The van der Waals surface area contributed by atoms with Gasteiger partial charge in [0, 0.05) is 39.1 Å². The second kappa shape index (κ2) is 9.04. The van der Waals surface area contributed by atoms with E-state index in [0.717, 1.165) is 49.6 Å². The summed E-state index contributed by atoms with van der Waals surface area (Å²) in [7, 11) is 0. The van der Waals surface area contributed by atoms with Gasteiger partial charge in [-0.1, -0.05) is 30.2 Å². The molecule has 2 aliphatic heterocycles. The molecule has 166 valence electrons. The highest BCUT2D eigenvalue weighted by Crippen LogP contribution is 2.29. The Kier molecular flexibility index (Phi) is 6.00. The third-order valence-corrected chi connectivity index (χ3v) is 6.93. The molecule has 1 aromatic heterocycles. The number of nitrogens with zero attached hydrogens (tertiary/aromatic N) is 5. The van der Waals surface area contributed by atoms with Crippen molar-refractivity contribution in [2.45, 2.75) is 57.9 Å². The van der Waals surface area contributed by atoms with Gasteiger partial charge in [0.2, 0.25) is 5.91 Å². The van der Waals surface area contributed by atoms with E-state index in [1.165, 1.54) is 37.8 Å². The predicted octanol–water partition coefficient (Wildman–Crippen LogP) is 2.91. The molecule has 7 nitrogen and oxygen atoms in total. The number of benzene rings is 1. The van der Waals surface area contributed by atoms with Gasteiger partial charge in [-0.2, -0.15) is 0 Å². The number of fused-ring (bicyclic) bond motifs is 1. The molecule has 1 atom stereocenters. The van der Waals surface area contributed by atoms with Gasteiger partial charge in [-0.25, -0.2) is 9.07 Å². The molecule has 1 aliphatic carbocycles. The van der Waals surface area contributed by atoms with Crippen LogP contribution in [0.25, 0.3) is 0 Å². The van der Waals surface area contributed by atoms with Gasteiger partial charge in [0.15, 0.2) is 0 Å². The van der Waals surface area contributed by atoms with E-state index >= 15 is 0 Å². The molecule has 8 heteroatoms. The van der Waals surface area contributed by atoms with Crippen LogP contribution < -0.4 is 0 Å². The van der Waals surface area contributed by atoms with E-state index in [1.807, 2.05) is 15.6 Å². The van der Waals surface area contributed by atoms with Gasteiger partial charge in [-0.3, -0.25) is 9.69 Å². The topological polar surface area (TPSA) is 63.5 Å². The number of hydrogen-bond donors (Lipinski definition) is 0. The molecule has 1 aromatic carbocycles. The summed E-state index contributed by atoms with van der Waals surface area (Å²) in [4.78, 5) is 16.9. The van der Waals surface area contributed by atoms with E-state index in [0.29, 0.717) is 31.5 Å². The molecule has 0 spiro atoms. The van der Waals surface area contributed by atoms with Crippen molar-refractivity contribution >= 4 is 5.91 Å². The lowest BCUT2D eigenvalue weighted by atomic mass is 10.0. The van der Waals surface area contributed by atoms with Gasteiger partial charge < -0.3 is 9.64 Å². The summed E-state index contributed by atoms with van der Waals surface area (Å²) < 4.78 is 21.4. The van der Waals surface area contributed by atoms with Gasteiger partial charge in [-0.05, 0) is 36.5 Å². The lowest BCUT2D eigenvalue weighted by molar-refractivity contribution is -0.134. The third-order valence-electron chi connectivity index (χ3n) is 6.93. The van der Waals surface area contributed by atoms with E-state index < -0.39 is 0 Å². The number of hydrogen-bond acceptors (Lipinski definition) is 5. The van der Waals surface area contributed by atoms with Crippen molar-refractivity contribution in [2.75, 3.05) is 26.2 Å². The van der Waals surface area contributed by atoms with Gasteiger partial charge >= 0.3 is 0 Å². The first-order chi connectivity index (χ1) is 15.2. The lowest BCUT2D eigenvalue weighted by Crippen LogP contribution is -2.48. The third kappa shape index (κ3) is 4.65. The molecule has 0 radical (unpaired) electrons. The summed E-state index contributed by atoms with van der Waals surface area (Å²) in [5.41, 5.74) is 2.75. The molecule has 0 N–H and O–H groups in total. The van der Waals surface area contributed by atoms with E-state index in [4.69, 9.17) is 4.74 Å². The van der Waals surface area contributed by atoms with Crippen LogP contribution in [0.15, 0.2) is 24.3 Å². The van der Waals surface area contributed by atoms with Crippen molar-refractivity contribution in [1.82, 2.24) is 24.8 Å². The van der Waals surface area contributed by atoms with Gasteiger partial charge in [0.05, 0.1) is 18.8 Å². The average molecular weight is 428 g/mol. The Balaban J connectivity index is 1.14. The second-order valence-electron chi connectivity index (χ2n) is 9.03. The Morgan fingerprint density at radius 3 is 2.74 bits per heavy atom. The molecule has 3 aliphatic rings. The molecule has 2 aromatic rings. The van der Waals surface area contributed by atoms with Crippen LogP contribution in [0.4, 0.5) is 4.39 Å². The Morgan fingerprint density at radius 1 is 1.16 bits per heavy atom. The molecule has 3 heterocycles. The van der Waals surface area contributed by atoms with Gasteiger partial charge in [0.1, 0.15) is 17.6 Å². The molecular formula is C23H30FN5O2. The van der Waals surface area contributed by atoms with Crippen LogP contribution in [0.2, 0.25) is 0 Å². The maximum Gasteiger partial charge on any atom is 0.222 e. The first-order valence-corrected chi connectivity index (χ1v) is 11.4. The first kappa shape index (κ1) is 20.6. The number of amides is 1. The minimum Gasteiger partial charge on any atom is -0.365 e. The monoisotopic (exact) mass is 427 g/mol. The van der Waals surface area contributed by atoms with Crippen LogP contribution in [-0.4, -0.2) is 56.9 Å². The largest absolute Gasteiger partial charge is 0.365 e. The lowest BCUT2D eigenvalue weighted by Gasteiger charge is -2.35. The highest BCUT2D eigenvalue weighted by molar-refractivity contribution is 5.76. The maximum absolute atomic E-state index is 13.5. The zero-order valence-corrected chi connectivity index (χ0v) is 17.9. The molecule has 1 saturated carbocycles. The minimum atomic E-state index is -0.257. The summed E-state index contributed by atoms with van der Waals surface area (Å²) in [5.74, 6) is 0.668. The van der Waals surface area contributed by atoms with Crippen LogP contribution in [0, 0.1) is 11.7 Å². The van der Waals surface area contributed by atoms with E-state index in [9.17, 15) is 9.18 Å². The average Bonchev–Trinajstić information content (AvgIpc) is 3.44. The summed E-state index contributed by atoms with van der Waals surface area (Å²) in [5, 5.41) is 8.72.